The number of alkyl halides is 3. The largest absolute Gasteiger partial charge is 0.534 e. The Bertz CT molecular complexity index is 1520. The maximum absolute atomic E-state index is 13.3. The van der Waals surface area contributed by atoms with Gasteiger partial charge in [0.15, 0.2) is 11.5 Å². The standard InChI is InChI=1S/C29H35F3N2O7S2/c1-5-6-16-28(2)20-33(22-10-8-7-9-11-22)24-17-25(40-4)26(41-43(37,38)29(30,31)32)18-27(24)42(35,36)34(28)19-21-12-14-23(39-3)15-13-21/h7-15,17-18,35-36H,5-6,16,19-20H2,1-4H3. The predicted molar refractivity (Wildman–Crippen MR) is 160 cm³/mol. The van der Waals surface area contributed by atoms with E-state index in [0.29, 0.717) is 17.9 Å². The Morgan fingerprint density at radius 1 is 0.977 bits per heavy atom. The van der Waals surface area contributed by atoms with Gasteiger partial charge in [-0.3, -0.25) is 9.11 Å². The number of benzene rings is 3. The van der Waals surface area contributed by atoms with Crippen molar-refractivity contribution in [3.8, 4) is 17.2 Å². The van der Waals surface area contributed by atoms with Gasteiger partial charge in [0.2, 0.25) is 0 Å². The molecule has 43 heavy (non-hydrogen) atoms. The van der Waals surface area contributed by atoms with Crippen LogP contribution in [0.25, 0.3) is 0 Å². The smallest absolute Gasteiger partial charge is 0.497 e. The van der Waals surface area contributed by atoms with E-state index >= 15 is 0 Å². The number of methoxy groups -OCH3 is 2. The highest BCUT2D eigenvalue weighted by molar-refractivity contribution is 8.22. The number of fused-ring (bicyclic) bond motifs is 1. The van der Waals surface area contributed by atoms with Crippen LogP contribution in [0.5, 0.6) is 17.2 Å². The number of anilines is 2. The van der Waals surface area contributed by atoms with Crippen LogP contribution in [0.4, 0.5) is 24.5 Å². The number of unbranched alkanes of at least 4 members (excludes halogenated alkanes) is 1. The van der Waals surface area contributed by atoms with E-state index in [-0.39, 0.29) is 29.4 Å². The summed E-state index contributed by atoms with van der Waals surface area (Å²) >= 11 is 0. The molecule has 0 saturated carbocycles. The van der Waals surface area contributed by atoms with Gasteiger partial charge in [-0.15, -0.1) is 10.8 Å². The highest BCUT2D eigenvalue weighted by Gasteiger charge is 2.50. The van der Waals surface area contributed by atoms with Gasteiger partial charge in [-0.2, -0.15) is 25.9 Å². The molecule has 0 amide bonds. The molecular formula is C29H35F3N2O7S2. The quantitative estimate of drug-likeness (QED) is 0.171. The summed E-state index contributed by atoms with van der Waals surface area (Å²) in [5.41, 5.74) is -4.99. The molecule has 1 heterocycles. The Morgan fingerprint density at radius 2 is 1.63 bits per heavy atom. The van der Waals surface area contributed by atoms with Crippen LogP contribution in [-0.4, -0.2) is 53.6 Å². The zero-order valence-corrected chi connectivity index (χ0v) is 25.8. The first-order valence-corrected chi connectivity index (χ1v) is 16.3. The van der Waals surface area contributed by atoms with Crippen LogP contribution in [0.2, 0.25) is 0 Å². The molecule has 3 aromatic rings. The van der Waals surface area contributed by atoms with Crippen molar-refractivity contribution < 1.29 is 44.4 Å². The van der Waals surface area contributed by atoms with Crippen molar-refractivity contribution in [1.82, 2.24) is 4.31 Å². The zero-order valence-electron chi connectivity index (χ0n) is 24.2. The van der Waals surface area contributed by atoms with Crippen molar-refractivity contribution >= 4 is 32.3 Å². The minimum Gasteiger partial charge on any atom is -0.497 e. The Hall–Kier alpha value is -3.17. The molecule has 0 fully saturated rings. The second-order valence-corrected chi connectivity index (χ2v) is 13.8. The van der Waals surface area contributed by atoms with Gasteiger partial charge >= 0.3 is 15.6 Å². The van der Waals surface area contributed by atoms with Crippen molar-refractivity contribution in [2.24, 2.45) is 0 Å². The summed E-state index contributed by atoms with van der Waals surface area (Å²) in [7, 11) is -7.42. The molecule has 14 heteroatoms. The van der Waals surface area contributed by atoms with Crippen molar-refractivity contribution in [3.63, 3.8) is 0 Å². The highest BCUT2D eigenvalue weighted by atomic mass is 32.3. The summed E-state index contributed by atoms with van der Waals surface area (Å²) in [4.78, 5) is 1.62. The molecule has 0 bridgehead atoms. The fraction of sp³-hybridized carbons (Fsp3) is 0.379. The van der Waals surface area contributed by atoms with E-state index in [1.807, 2.05) is 36.9 Å². The first-order valence-electron chi connectivity index (χ1n) is 13.4. The van der Waals surface area contributed by atoms with E-state index in [4.69, 9.17) is 9.47 Å². The second kappa shape index (κ2) is 12.4. The number of para-hydroxylation sites is 1. The Labute approximate surface area is 251 Å². The van der Waals surface area contributed by atoms with E-state index in [2.05, 4.69) is 4.18 Å². The molecular weight excluding hydrogens is 609 g/mol. The molecule has 236 valence electrons. The summed E-state index contributed by atoms with van der Waals surface area (Å²) in [6, 6.07) is 18.3. The molecule has 1 unspecified atom stereocenters. The zero-order chi connectivity index (χ0) is 31.6. The number of halogens is 3. The molecule has 1 aliphatic rings. The number of rotatable bonds is 10. The predicted octanol–water partition coefficient (Wildman–Crippen LogP) is 7.56. The van der Waals surface area contributed by atoms with E-state index in [9.17, 15) is 30.7 Å². The lowest BCUT2D eigenvalue weighted by atomic mass is 9.92. The van der Waals surface area contributed by atoms with Crippen LogP contribution in [0, 0.1) is 0 Å². The molecule has 0 saturated heterocycles. The maximum Gasteiger partial charge on any atom is 0.534 e. The topological polar surface area (TPSA) is 109 Å². The minimum atomic E-state index is -6.10. The van der Waals surface area contributed by atoms with E-state index < -0.39 is 37.7 Å². The summed E-state index contributed by atoms with van der Waals surface area (Å²) in [5, 5.41) is 0. The molecule has 0 aromatic heterocycles. The lowest BCUT2D eigenvalue weighted by Crippen LogP contribution is -2.51. The molecule has 1 atom stereocenters. The van der Waals surface area contributed by atoms with Crippen LogP contribution in [-0.2, 0) is 16.7 Å². The average Bonchev–Trinajstić information content (AvgIpc) is 3.03. The summed E-state index contributed by atoms with van der Waals surface area (Å²) in [5.74, 6) is -0.546. The van der Waals surface area contributed by atoms with Gasteiger partial charge in [0.25, 0.3) is 0 Å². The Balaban J connectivity index is 1.98. The monoisotopic (exact) mass is 644 g/mol. The van der Waals surface area contributed by atoms with Crippen LogP contribution in [0.1, 0.15) is 38.7 Å². The molecule has 3 aromatic carbocycles. The molecule has 0 spiro atoms. The Kier molecular flexibility index (Phi) is 9.47. The molecule has 9 nitrogen and oxygen atoms in total. The SMILES string of the molecule is CCCCC1(C)CN(c2ccccc2)c2cc(OC)c(OS(=O)(=O)C(F)(F)F)cc2S(O)(O)N1Cc1ccc(OC)cc1. The normalized spacial score (nSPS) is 19.7. The highest BCUT2D eigenvalue weighted by Crippen LogP contribution is 2.63. The van der Waals surface area contributed by atoms with Gasteiger partial charge in [0.05, 0.1) is 25.4 Å². The van der Waals surface area contributed by atoms with Gasteiger partial charge < -0.3 is 18.6 Å². The van der Waals surface area contributed by atoms with Crippen molar-refractivity contribution in [3.05, 3.63) is 72.3 Å². The lowest BCUT2D eigenvalue weighted by Gasteiger charge is -2.51. The fourth-order valence-electron chi connectivity index (χ4n) is 5.06. The molecule has 0 aliphatic carbocycles. The van der Waals surface area contributed by atoms with Crippen LogP contribution < -0.4 is 18.6 Å². The third-order valence-corrected chi connectivity index (χ3v) is 10.4. The first kappa shape index (κ1) is 32.7. The molecule has 1 aliphatic heterocycles. The molecule has 0 radical (unpaired) electrons. The van der Waals surface area contributed by atoms with E-state index in [1.165, 1.54) is 13.2 Å². The summed E-state index contributed by atoms with van der Waals surface area (Å²) in [6.45, 7) is 4.23. The minimum absolute atomic E-state index is 0.0533. The Morgan fingerprint density at radius 3 is 2.19 bits per heavy atom. The number of ether oxygens (including phenoxy) is 2. The van der Waals surface area contributed by atoms with Crippen molar-refractivity contribution in [2.75, 3.05) is 25.7 Å². The third-order valence-electron chi connectivity index (χ3n) is 7.34. The van der Waals surface area contributed by atoms with Gasteiger partial charge in [0.1, 0.15) is 10.6 Å². The third kappa shape index (κ3) is 6.68. The second-order valence-electron chi connectivity index (χ2n) is 10.4. The number of hydrogen-bond donors (Lipinski definition) is 2. The molecule has 2 N–H and O–H groups in total. The fourth-order valence-corrected chi connectivity index (χ4v) is 7.57. The average molecular weight is 645 g/mol. The van der Waals surface area contributed by atoms with Crippen molar-refractivity contribution in [1.29, 1.82) is 0 Å². The van der Waals surface area contributed by atoms with Crippen LogP contribution in [0.3, 0.4) is 0 Å². The summed E-state index contributed by atoms with van der Waals surface area (Å²) in [6.07, 6.45) is 2.10. The maximum atomic E-state index is 13.3. The number of hydrogen-bond acceptors (Lipinski definition) is 9. The van der Waals surface area contributed by atoms with Crippen LogP contribution >= 0.6 is 10.8 Å². The van der Waals surface area contributed by atoms with E-state index in [1.54, 1.807) is 40.7 Å². The molecule has 4 rings (SSSR count). The van der Waals surface area contributed by atoms with Gasteiger partial charge in [-0.25, -0.2) is 0 Å². The lowest BCUT2D eigenvalue weighted by molar-refractivity contribution is -0.0500. The van der Waals surface area contributed by atoms with E-state index in [0.717, 1.165) is 31.6 Å². The number of nitrogens with zero attached hydrogens (tertiary/aromatic N) is 2. The van der Waals surface area contributed by atoms with Gasteiger partial charge in [-0.1, -0.05) is 50.1 Å². The van der Waals surface area contributed by atoms with Crippen molar-refractivity contribution in [2.45, 2.75) is 55.6 Å². The first-order chi connectivity index (χ1) is 20.2. The van der Waals surface area contributed by atoms with Gasteiger partial charge in [0, 0.05) is 30.9 Å². The van der Waals surface area contributed by atoms with Gasteiger partial charge in [-0.05, 0) is 43.2 Å². The summed E-state index contributed by atoms with van der Waals surface area (Å²) < 4.78 is 105. The van der Waals surface area contributed by atoms with Crippen LogP contribution in [0.15, 0.2) is 71.6 Å².